The molecule has 1 nitrogen and oxygen atoms in total. The molecule has 0 saturated carbocycles. The van der Waals surface area contributed by atoms with Gasteiger partial charge in [-0.3, -0.25) is 0 Å². The maximum absolute atomic E-state index is 5.85. The van der Waals surface area contributed by atoms with Crippen LogP contribution in [0.25, 0.3) is 0 Å². The predicted molar refractivity (Wildman–Crippen MR) is 112 cm³/mol. The zero-order chi connectivity index (χ0) is 17.6. The maximum atomic E-state index is 5.85. The Hall–Kier alpha value is 0.759. The van der Waals surface area contributed by atoms with Crippen molar-refractivity contribution in [1.29, 1.82) is 0 Å². The van der Waals surface area contributed by atoms with E-state index in [1.54, 1.807) is 13.3 Å². The van der Waals surface area contributed by atoms with Crippen molar-refractivity contribution in [2.24, 2.45) is 10.4 Å². The zero-order valence-electron chi connectivity index (χ0n) is 16.6. The SMILES string of the molecule is CCC[CH2][Sn]([CH2]CCC)([CH2]CCC)[CH2]/N=C/C(C)(C)CCCCl. The summed E-state index contributed by atoms with van der Waals surface area (Å²) < 4.78 is 5.92. The van der Waals surface area contributed by atoms with Crippen LogP contribution in [0.2, 0.25) is 13.3 Å². The van der Waals surface area contributed by atoms with E-state index in [1.807, 2.05) is 0 Å². The molecule has 138 valence electrons. The van der Waals surface area contributed by atoms with Crippen molar-refractivity contribution < 1.29 is 0 Å². The molecule has 0 atom stereocenters. The quantitative estimate of drug-likeness (QED) is 0.139. The van der Waals surface area contributed by atoms with Gasteiger partial charge < -0.3 is 0 Å². The number of aliphatic imine (C=N–C) groups is 1. The van der Waals surface area contributed by atoms with Gasteiger partial charge in [0.25, 0.3) is 0 Å². The third-order valence-electron chi connectivity index (χ3n) is 5.00. The van der Waals surface area contributed by atoms with E-state index in [1.165, 1.54) is 43.1 Å². The molecule has 0 spiro atoms. The molecule has 0 amide bonds. The van der Waals surface area contributed by atoms with Gasteiger partial charge in [-0.1, -0.05) is 0 Å². The van der Waals surface area contributed by atoms with E-state index in [0.717, 1.165) is 18.7 Å². The third-order valence-corrected chi connectivity index (χ3v) is 19.8. The van der Waals surface area contributed by atoms with Crippen molar-refractivity contribution in [3.63, 3.8) is 0 Å². The van der Waals surface area contributed by atoms with E-state index in [2.05, 4.69) is 40.8 Å². The minimum atomic E-state index is -2.06. The molecule has 0 aliphatic rings. The van der Waals surface area contributed by atoms with Crippen LogP contribution in [-0.2, 0) is 0 Å². The molecule has 0 saturated heterocycles. The summed E-state index contributed by atoms with van der Waals surface area (Å²) in [5, 5.41) is 0. The van der Waals surface area contributed by atoms with Crippen molar-refractivity contribution in [1.82, 2.24) is 0 Å². The Morgan fingerprint density at radius 3 is 1.74 bits per heavy atom. The van der Waals surface area contributed by atoms with E-state index in [-0.39, 0.29) is 5.41 Å². The molecule has 0 rings (SSSR count). The predicted octanol–water partition coefficient (Wildman–Crippen LogP) is 7.49. The zero-order valence-corrected chi connectivity index (χ0v) is 20.2. The topological polar surface area (TPSA) is 12.4 Å². The van der Waals surface area contributed by atoms with Crippen molar-refractivity contribution in [2.45, 2.75) is 99.3 Å². The Bertz CT molecular complexity index is 280. The second-order valence-corrected chi connectivity index (χ2v) is 22.2. The van der Waals surface area contributed by atoms with Gasteiger partial charge in [0.1, 0.15) is 0 Å². The summed E-state index contributed by atoms with van der Waals surface area (Å²) in [7, 11) is 0. The fourth-order valence-electron chi connectivity index (χ4n) is 3.34. The Morgan fingerprint density at radius 1 is 0.870 bits per heavy atom. The van der Waals surface area contributed by atoms with Crippen LogP contribution >= 0.6 is 11.6 Å². The first-order valence-corrected chi connectivity index (χ1v) is 18.6. The molecule has 3 heteroatoms. The molecule has 0 aliphatic carbocycles. The van der Waals surface area contributed by atoms with Crippen LogP contribution < -0.4 is 0 Å². The van der Waals surface area contributed by atoms with Crippen molar-refractivity contribution >= 4 is 36.2 Å². The molecular weight excluding hydrogens is 408 g/mol. The van der Waals surface area contributed by atoms with Crippen LogP contribution in [0.5, 0.6) is 0 Å². The average Bonchev–Trinajstić information content (AvgIpc) is 2.54. The number of nitrogens with zero attached hydrogens (tertiary/aromatic N) is 1. The molecule has 0 bridgehead atoms. The van der Waals surface area contributed by atoms with Crippen molar-refractivity contribution in [3.05, 3.63) is 0 Å². The second kappa shape index (κ2) is 14.0. The normalized spacial score (nSPS) is 13.1. The molecule has 0 aromatic rings. The first-order valence-electron chi connectivity index (χ1n) is 10.0. The number of halogens is 1. The molecule has 0 radical (unpaired) electrons. The molecule has 23 heavy (non-hydrogen) atoms. The second-order valence-electron chi connectivity index (χ2n) is 8.06. The summed E-state index contributed by atoms with van der Waals surface area (Å²) in [4.78, 5) is 5.05. The molecule has 0 aromatic heterocycles. The van der Waals surface area contributed by atoms with Crippen LogP contribution in [0, 0.1) is 5.41 Å². The van der Waals surface area contributed by atoms with Crippen molar-refractivity contribution in [3.8, 4) is 0 Å². The van der Waals surface area contributed by atoms with Crippen LogP contribution in [0.3, 0.4) is 0 Å². The average molecular weight is 451 g/mol. The Kier molecular flexibility index (Phi) is 14.4. The summed E-state index contributed by atoms with van der Waals surface area (Å²) in [5.41, 5.74) is 0.215. The molecule has 0 aromatic carbocycles. The van der Waals surface area contributed by atoms with Gasteiger partial charge in [0, 0.05) is 0 Å². The Labute approximate surface area is 155 Å². The summed E-state index contributed by atoms with van der Waals surface area (Å²) in [6.07, 6.45) is 12.9. The van der Waals surface area contributed by atoms with Gasteiger partial charge in [0.15, 0.2) is 0 Å². The molecule has 0 unspecified atom stereocenters. The van der Waals surface area contributed by atoms with E-state index < -0.39 is 18.4 Å². The van der Waals surface area contributed by atoms with E-state index in [0.29, 0.717) is 0 Å². The summed E-state index contributed by atoms with van der Waals surface area (Å²) >= 11 is 3.79. The van der Waals surface area contributed by atoms with Crippen molar-refractivity contribution in [2.75, 3.05) is 10.4 Å². The van der Waals surface area contributed by atoms with E-state index in [4.69, 9.17) is 16.6 Å². The monoisotopic (exact) mass is 451 g/mol. The van der Waals surface area contributed by atoms with Crippen LogP contribution in [0.15, 0.2) is 4.99 Å². The Balaban J connectivity index is 4.86. The summed E-state index contributed by atoms with van der Waals surface area (Å²) in [6.45, 7) is 11.6. The van der Waals surface area contributed by atoms with Gasteiger partial charge in [0.2, 0.25) is 0 Å². The molecule has 0 fully saturated rings. The number of unbranched alkanes of at least 4 members (excludes halogenated alkanes) is 3. The van der Waals surface area contributed by atoms with Gasteiger partial charge in [-0.15, -0.1) is 0 Å². The molecular formula is C20H42ClNSn. The fraction of sp³-hybridized carbons (Fsp3) is 0.950. The van der Waals surface area contributed by atoms with Gasteiger partial charge in [-0.2, -0.15) is 0 Å². The Morgan fingerprint density at radius 2 is 1.35 bits per heavy atom. The first kappa shape index (κ1) is 23.8. The molecule has 0 N–H and O–H groups in total. The van der Waals surface area contributed by atoms with Gasteiger partial charge in [-0.05, 0) is 0 Å². The number of alkyl halides is 1. The fourth-order valence-corrected chi connectivity index (χ4v) is 17.8. The minimum absolute atomic E-state index is 0.215. The van der Waals surface area contributed by atoms with Crippen LogP contribution in [-0.4, -0.2) is 35.0 Å². The molecule has 0 aliphatic heterocycles. The van der Waals surface area contributed by atoms with E-state index >= 15 is 0 Å². The number of hydrogen-bond donors (Lipinski definition) is 0. The van der Waals surface area contributed by atoms with Gasteiger partial charge in [0.05, 0.1) is 0 Å². The van der Waals surface area contributed by atoms with Gasteiger partial charge >= 0.3 is 156 Å². The summed E-state index contributed by atoms with van der Waals surface area (Å²) in [6, 6.07) is 0. The first-order chi connectivity index (χ1) is 10.9. The third kappa shape index (κ3) is 11.9. The van der Waals surface area contributed by atoms with Crippen LogP contribution in [0.1, 0.15) is 86.0 Å². The van der Waals surface area contributed by atoms with E-state index in [9.17, 15) is 0 Å². The summed E-state index contributed by atoms with van der Waals surface area (Å²) in [5.74, 6) is 0.768. The molecule has 0 heterocycles. The van der Waals surface area contributed by atoms with Gasteiger partial charge in [-0.25, -0.2) is 0 Å². The standard InChI is InChI=1S/C8H15ClN.3C4H9.Sn/c1-8(2,7-10-3)5-4-6-9;3*1-3-4-2;/h7H,3-6H2,1-2H3;3*1,3-4H2,2H3;/b10-7+;;;;. The number of hydrogen-bond acceptors (Lipinski definition) is 1. The van der Waals surface area contributed by atoms with Crippen LogP contribution in [0.4, 0.5) is 0 Å². The number of rotatable bonds is 15.